The summed E-state index contributed by atoms with van der Waals surface area (Å²) in [7, 11) is 1.45. The molecule has 1 rings (SSSR count). The van der Waals surface area contributed by atoms with E-state index in [0.29, 0.717) is 18.6 Å². The number of hydrogen-bond acceptors (Lipinski definition) is 9. The lowest BCUT2D eigenvalue weighted by molar-refractivity contribution is -0.222. The molecule has 9 heteroatoms. The maximum absolute atomic E-state index is 12.5. The van der Waals surface area contributed by atoms with Crippen LogP contribution in [0.3, 0.4) is 0 Å². The number of benzene rings is 1. The summed E-state index contributed by atoms with van der Waals surface area (Å²) in [5, 5.41) is 58.4. The van der Waals surface area contributed by atoms with Crippen LogP contribution in [0.15, 0.2) is 18.2 Å². The molecule has 6 N–H and O–H groups in total. The number of unbranched alkanes of at least 4 members (excludes halogenated alkanes) is 2. The molecule has 0 fully saturated rings. The highest BCUT2D eigenvalue weighted by Gasteiger charge is 2.32. The van der Waals surface area contributed by atoms with Crippen LogP contribution in [0.25, 0.3) is 0 Å². The van der Waals surface area contributed by atoms with E-state index in [9.17, 15) is 30.3 Å². The fraction of sp³-hybridized carbons (Fsp3) is 0.696. The van der Waals surface area contributed by atoms with Gasteiger partial charge in [0, 0.05) is 19.4 Å². The van der Waals surface area contributed by atoms with E-state index >= 15 is 0 Å². The number of aliphatic hydroxyl groups is 5. The average molecular weight is 459 g/mol. The molecule has 0 aromatic heterocycles. The molecule has 5 atom stereocenters. The van der Waals surface area contributed by atoms with Gasteiger partial charge in [-0.05, 0) is 37.0 Å². The van der Waals surface area contributed by atoms with E-state index < -0.39 is 30.7 Å². The highest BCUT2D eigenvalue weighted by molar-refractivity contribution is 5.79. The lowest BCUT2D eigenvalue weighted by Crippen LogP contribution is -2.47. The molecule has 0 saturated heterocycles. The van der Waals surface area contributed by atoms with Crippen molar-refractivity contribution in [3.63, 3.8) is 0 Å². The molecular weight excluding hydrogens is 420 g/mol. The van der Waals surface area contributed by atoms with Gasteiger partial charge in [0.05, 0.1) is 19.3 Å². The Labute approximate surface area is 189 Å². The highest BCUT2D eigenvalue weighted by Crippen LogP contribution is 2.27. The minimum Gasteiger partial charge on any atom is -0.504 e. The molecule has 9 nitrogen and oxygen atoms in total. The molecule has 0 spiro atoms. The summed E-state index contributed by atoms with van der Waals surface area (Å²) in [4.78, 5) is 12.5. The largest absolute Gasteiger partial charge is 0.504 e. The number of ether oxygens (including phenoxy) is 2. The topological polar surface area (TPSA) is 157 Å². The van der Waals surface area contributed by atoms with Crippen LogP contribution in [0, 0.1) is 0 Å². The van der Waals surface area contributed by atoms with Crippen LogP contribution >= 0.6 is 0 Å². The van der Waals surface area contributed by atoms with E-state index in [1.165, 1.54) is 13.2 Å². The van der Waals surface area contributed by atoms with Crippen molar-refractivity contribution >= 4 is 5.78 Å². The molecule has 0 aliphatic rings. The number of phenolic OH excluding ortho intramolecular Hbond substituents is 1. The number of phenols is 1. The number of hydrogen-bond donors (Lipinski definition) is 6. The summed E-state index contributed by atoms with van der Waals surface area (Å²) in [6.07, 6.45) is -3.70. The Morgan fingerprint density at radius 1 is 1.06 bits per heavy atom. The summed E-state index contributed by atoms with van der Waals surface area (Å²) in [6, 6.07) is 4.88. The van der Waals surface area contributed by atoms with Crippen LogP contribution in [0.5, 0.6) is 11.5 Å². The van der Waals surface area contributed by atoms with Crippen molar-refractivity contribution in [1.29, 1.82) is 0 Å². The van der Waals surface area contributed by atoms with Gasteiger partial charge in [0.1, 0.15) is 18.0 Å². The number of Topliss-reactive ketones (excluding diaryl/α,β-unsaturated/α-hetero) is 1. The number of rotatable bonds is 17. The number of aryl methyl sites for hydroxylation is 1. The van der Waals surface area contributed by atoms with E-state index in [0.717, 1.165) is 24.8 Å². The SMILES string of the molecule is CCCCCC(CC(=O)CCc1ccc(O)c(OC)c1)OC(O)C(O)C(O)C(O)CCO. The van der Waals surface area contributed by atoms with Crippen molar-refractivity contribution in [3.8, 4) is 11.5 Å². The van der Waals surface area contributed by atoms with Gasteiger partial charge in [-0.15, -0.1) is 0 Å². The molecule has 32 heavy (non-hydrogen) atoms. The fourth-order valence-corrected chi connectivity index (χ4v) is 3.33. The van der Waals surface area contributed by atoms with Gasteiger partial charge in [0.2, 0.25) is 0 Å². The summed E-state index contributed by atoms with van der Waals surface area (Å²) >= 11 is 0. The highest BCUT2D eigenvalue weighted by atomic mass is 16.6. The Morgan fingerprint density at radius 2 is 1.78 bits per heavy atom. The lowest BCUT2D eigenvalue weighted by Gasteiger charge is -2.29. The van der Waals surface area contributed by atoms with E-state index in [2.05, 4.69) is 0 Å². The Bertz CT molecular complexity index is 667. The van der Waals surface area contributed by atoms with Gasteiger partial charge in [-0.25, -0.2) is 0 Å². The van der Waals surface area contributed by atoms with Gasteiger partial charge in [-0.2, -0.15) is 0 Å². The van der Waals surface area contributed by atoms with Crippen LogP contribution in [-0.2, 0) is 16.0 Å². The van der Waals surface area contributed by atoms with E-state index in [4.69, 9.17) is 14.6 Å². The zero-order chi connectivity index (χ0) is 24.1. The number of carbonyl (C=O) groups excluding carboxylic acids is 1. The van der Waals surface area contributed by atoms with Gasteiger partial charge in [-0.1, -0.05) is 32.3 Å². The smallest absolute Gasteiger partial charge is 0.183 e. The molecule has 0 aliphatic carbocycles. The Hall–Kier alpha value is -1.75. The maximum atomic E-state index is 12.5. The third-order valence-electron chi connectivity index (χ3n) is 5.31. The second kappa shape index (κ2) is 15.2. The standard InChI is InChI=1S/C23H38O9/c1-3-4-5-6-17(32-23(30)22(29)21(28)19(27)11-12-24)14-16(25)9-7-15-8-10-18(26)20(13-15)31-2/h8,10,13,17,19,21-24,26-30H,3-7,9,11-12,14H2,1-2H3. The van der Waals surface area contributed by atoms with Gasteiger partial charge < -0.3 is 40.1 Å². The van der Waals surface area contributed by atoms with Crippen molar-refractivity contribution in [2.75, 3.05) is 13.7 Å². The van der Waals surface area contributed by atoms with Crippen molar-refractivity contribution in [2.24, 2.45) is 0 Å². The zero-order valence-corrected chi connectivity index (χ0v) is 18.9. The molecule has 1 aromatic rings. The molecule has 5 unspecified atom stereocenters. The Morgan fingerprint density at radius 3 is 2.41 bits per heavy atom. The van der Waals surface area contributed by atoms with Crippen LogP contribution in [0.2, 0.25) is 0 Å². The third kappa shape index (κ3) is 9.81. The van der Waals surface area contributed by atoms with Crippen molar-refractivity contribution in [2.45, 2.75) is 89.0 Å². The van der Waals surface area contributed by atoms with Crippen molar-refractivity contribution < 1.29 is 44.9 Å². The summed E-state index contributed by atoms with van der Waals surface area (Å²) in [6.45, 7) is 1.65. The zero-order valence-electron chi connectivity index (χ0n) is 18.9. The predicted molar refractivity (Wildman–Crippen MR) is 117 cm³/mol. The molecule has 0 radical (unpaired) electrons. The van der Waals surface area contributed by atoms with Gasteiger partial charge in [-0.3, -0.25) is 4.79 Å². The second-order valence-electron chi connectivity index (χ2n) is 7.95. The molecule has 0 saturated carbocycles. The molecule has 0 heterocycles. The number of carbonyl (C=O) groups is 1. The predicted octanol–water partition coefficient (Wildman–Crippen LogP) is 1.04. The molecule has 0 bridgehead atoms. The summed E-state index contributed by atoms with van der Waals surface area (Å²) in [5.74, 6) is 0.252. The molecule has 1 aromatic carbocycles. The molecular formula is C23H38O9. The third-order valence-corrected chi connectivity index (χ3v) is 5.31. The molecule has 0 aliphatic heterocycles. The van der Waals surface area contributed by atoms with Crippen LogP contribution in [-0.4, -0.2) is 80.8 Å². The van der Waals surface area contributed by atoms with Gasteiger partial charge in [0.25, 0.3) is 0 Å². The Kier molecular flexibility index (Phi) is 13.4. The lowest BCUT2D eigenvalue weighted by atomic mass is 10.0. The van der Waals surface area contributed by atoms with E-state index in [-0.39, 0.29) is 37.4 Å². The first-order valence-electron chi connectivity index (χ1n) is 11.1. The van der Waals surface area contributed by atoms with Crippen LogP contribution < -0.4 is 4.74 Å². The first-order valence-corrected chi connectivity index (χ1v) is 11.1. The normalized spacial score (nSPS) is 16.2. The van der Waals surface area contributed by atoms with Crippen molar-refractivity contribution in [3.05, 3.63) is 23.8 Å². The van der Waals surface area contributed by atoms with Crippen LogP contribution in [0.1, 0.15) is 57.4 Å². The molecule has 0 amide bonds. The Balaban J connectivity index is 2.67. The minimum atomic E-state index is -1.79. The molecule has 184 valence electrons. The maximum Gasteiger partial charge on any atom is 0.183 e. The number of aliphatic hydroxyl groups excluding tert-OH is 5. The first kappa shape index (κ1) is 28.3. The number of aromatic hydroxyl groups is 1. The average Bonchev–Trinajstić information content (AvgIpc) is 2.77. The van der Waals surface area contributed by atoms with Gasteiger partial charge in [0.15, 0.2) is 17.8 Å². The minimum absolute atomic E-state index is 0.0193. The summed E-state index contributed by atoms with van der Waals surface area (Å²) < 4.78 is 10.6. The second-order valence-corrected chi connectivity index (χ2v) is 7.95. The van der Waals surface area contributed by atoms with Gasteiger partial charge >= 0.3 is 0 Å². The monoisotopic (exact) mass is 458 g/mol. The number of ketones is 1. The fourth-order valence-electron chi connectivity index (χ4n) is 3.33. The first-order chi connectivity index (χ1) is 15.2. The van der Waals surface area contributed by atoms with Crippen LogP contribution in [0.4, 0.5) is 0 Å². The van der Waals surface area contributed by atoms with Crippen molar-refractivity contribution in [1.82, 2.24) is 0 Å². The number of methoxy groups -OCH3 is 1. The van der Waals surface area contributed by atoms with E-state index in [1.54, 1.807) is 12.1 Å². The quantitative estimate of drug-likeness (QED) is 0.148. The van der Waals surface area contributed by atoms with E-state index in [1.807, 2.05) is 6.92 Å². The summed E-state index contributed by atoms with van der Waals surface area (Å²) in [5.41, 5.74) is 0.827.